The molecule has 3 rings (SSSR count). The van der Waals surface area contributed by atoms with Crippen LogP contribution in [0.15, 0.2) is 36.5 Å². The number of likely N-dealkylation sites (tertiary alicyclic amines) is 1. The Hall–Kier alpha value is -3.96. The topological polar surface area (TPSA) is 146 Å². The third kappa shape index (κ3) is 5.50. The van der Waals surface area contributed by atoms with Gasteiger partial charge in [0.05, 0.1) is 19.0 Å². The molecule has 2 aromatic rings. The van der Waals surface area contributed by atoms with Gasteiger partial charge in [0, 0.05) is 18.0 Å². The monoisotopic (exact) mass is 476 g/mol. The van der Waals surface area contributed by atoms with Crippen LogP contribution in [0.25, 0.3) is 10.8 Å². The number of amides is 3. The normalized spacial score (nSPS) is 18.7. The molecular formula is C22H22F2N4O6. The maximum absolute atomic E-state index is 14.1. The third-order valence-corrected chi connectivity index (χ3v) is 5.35. The van der Waals surface area contributed by atoms with Gasteiger partial charge in [-0.3, -0.25) is 24.2 Å². The van der Waals surface area contributed by atoms with Crippen LogP contribution in [0.1, 0.15) is 30.3 Å². The number of fused-ring (bicyclic) bond motifs is 1. The van der Waals surface area contributed by atoms with E-state index in [0.717, 1.165) is 5.39 Å². The molecule has 10 nitrogen and oxygen atoms in total. The number of pyridine rings is 1. The van der Waals surface area contributed by atoms with E-state index in [1.165, 1.54) is 13.1 Å². The zero-order valence-corrected chi connectivity index (χ0v) is 18.0. The van der Waals surface area contributed by atoms with Gasteiger partial charge in [-0.05, 0) is 18.4 Å². The summed E-state index contributed by atoms with van der Waals surface area (Å²) in [5, 5.41) is 14.6. The zero-order chi connectivity index (χ0) is 25.0. The van der Waals surface area contributed by atoms with Crippen LogP contribution < -0.4 is 10.6 Å². The van der Waals surface area contributed by atoms with Crippen LogP contribution in [-0.2, 0) is 19.2 Å². The average molecular weight is 476 g/mol. The largest absolute Gasteiger partial charge is 0.481 e. The lowest BCUT2D eigenvalue weighted by molar-refractivity contribution is -0.142. The summed E-state index contributed by atoms with van der Waals surface area (Å²) in [6, 6.07) is 4.27. The maximum Gasteiger partial charge on any atom is 0.305 e. The van der Waals surface area contributed by atoms with Gasteiger partial charge in [-0.25, -0.2) is 8.78 Å². The summed E-state index contributed by atoms with van der Waals surface area (Å²) < 4.78 is 28.3. The summed E-state index contributed by atoms with van der Waals surface area (Å²) in [5.74, 6) is -7.49. The Bertz CT molecular complexity index is 1140. The molecule has 3 atom stereocenters. The number of aromatic nitrogens is 1. The van der Waals surface area contributed by atoms with Crippen molar-refractivity contribution in [1.29, 1.82) is 0 Å². The molecule has 3 amide bonds. The van der Waals surface area contributed by atoms with E-state index in [4.69, 9.17) is 5.11 Å². The van der Waals surface area contributed by atoms with Crippen LogP contribution in [0, 0.1) is 0 Å². The molecule has 3 N–H and O–H groups in total. The number of nitrogens with zero attached hydrogens (tertiary/aromatic N) is 2. The number of carboxylic acids is 1. The minimum Gasteiger partial charge on any atom is -0.481 e. The lowest BCUT2D eigenvalue weighted by atomic mass is 10.1. The van der Waals surface area contributed by atoms with Gasteiger partial charge in [-0.15, -0.1) is 0 Å². The van der Waals surface area contributed by atoms with E-state index < -0.39 is 67.1 Å². The minimum atomic E-state index is -3.39. The lowest BCUT2D eigenvalue weighted by Crippen LogP contribution is -2.54. The SMILES string of the molecule is CC(NC(=O)c1nccc2ccccc12)C(=O)N1CC(F)(F)CC1C(=O)NC(C=O)CC(=O)O. The average Bonchev–Trinajstić information content (AvgIpc) is 3.12. The predicted octanol–water partition coefficient (Wildman–Crippen LogP) is 0.748. The van der Waals surface area contributed by atoms with Crippen LogP contribution in [0.5, 0.6) is 0 Å². The molecule has 1 aromatic heterocycles. The second-order valence-electron chi connectivity index (χ2n) is 7.97. The number of benzene rings is 1. The molecule has 0 radical (unpaired) electrons. The number of halogens is 2. The molecule has 180 valence electrons. The van der Waals surface area contributed by atoms with Crippen LogP contribution in [0.2, 0.25) is 0 Å². The Morgan fingerprint density at radius 2 is 1.94 bits per heavy atom. The Balaban J connectivity index is 1.75. The standard InChI is InChI=1S/C22H22F2N4O6/c1-12(26-20(33)18-15-5-3-2-4-13(15)6-7-25-18)21(34)28-11-22(23,24)9-16(28)19(32)27-14(10-29)8-17(30)31/h2-7,10,12,14,16H,8-9,11H2,1H3,(H,26,33)(H,27,32)(H,30,31). The highest BCUT2D eigenvalue weighted by molar-refractivity contribution is 6.06. The van der Waals surface area contributed by atoms with Gasteiger partial charge in [0.2, 0.25) is 11.8 Å². The van der Waals surface area contributed by atoms with Gasteiger partial charge in [0.25, 0.3) is 11.8 Å². The van der Waals surface area contributed by atoms with E-state index in [1.54, 1.807) is 30.3 Å². The smallest absolute Gasteiger partial charge is 0.305 e. The summed E-state index contributed by atoms with van der Waals surface area (Å²) in [7, 11) is 0. The lowest BCUT2D eigenvalue weighted by Gasteiger charge is -2.27. The summed E-state index contributed by atoms with van der Waals surface area (Å²) >= 11 is 0. The highest BCUT2D eigenvalue weighted by Gasteiger charge is 2.51. The molecule has 1 aliphatic rings. The Morgan fingerprint density at radius 1 is 1.24 bits per heavy atom. The zero-order valence-electron chi connectivity index (χ0n) is 18.0. The third-order valence-electron chi connectivity index (χ3n) is 5.35. The van der Waals surface area contributed by atoms with Crippen molar-refractivity contribution in [1.82, 2.24) is 20.5 Å². The number of carbonyl (C=O) groups excluding carboxylic acids is 4. The number of hydrogen-bond donors (Lipinski definition) is 3. The first-order valence-electron chi connectivity index (χ1n) is 10.3. The Kier molecular flexibility index (Phi) is 7.18. The Labute approximate surface area is 192 Å². The minimum absolute atomic E-state index is 0.0429. The highest BCUT2D eigenvalue weighted by Crippen LogP contribution is 2.32. The van der Waals surface area contributed by atoms with E-state index in [9.17, 15) is 32.8 Å². The number of carboxylic acid groups (broad SMARTS) is 1. The fourth-order valence-corrected chi connectivity index (χ4v) is 3.76. The fourth-order valence-electron chi connectivity index (χ4n) is 3.76. The predicted molar refractivity (Wildman–Crippen MR) is 114 cm³/mol. The molecule has 12 heteroatoms. The molecule has 1 aliphatic heterocycles. The second kappa shape index (κ2) is 9.89. The van der Waals surface area contributed by atoms with Crippen LogP contribution in [-0.4, -0.2) is 75.6 Å². The van der Waals surface area contributed by atoms with Crippen LogP contribution in [0.3, 0.4) is 0 Å². The number of aliphatic carboxylic acids is 1. The van der Waals surface area contributed by atoms with Crippen molar-refractivity contribution in [2.24, 2.45) is 0 Å². The number of aldehydes is 1. The van der Waals surface area contributed by atoms with Crippen molar-refractivity contribution in [3.8, 4) is 0 Å². The molecule has 1 aromatic carbocycles. The number of rotatable bonds is 8. The van der Waals surface area contributed by atoms with Crippen molar-refractivity contribution < 1.29 is 37.9 Å². The van der Waals surface area contributed by atoms with E-state index in [0.29, 0.717) is 10.3 Å². The molecule has 3 unspecified atom stereocenters. The van der Waals surface area contributed by atoms with Gasteiger partial charge >= 0.3 is 5.97 Å². The van der Waals surface area contributed by atoms with Gasteiger partial charge in [-0.2, -0.15) is 0 Å². The summed E-state index contributed by atoms with van der Waals surface area (Å²) in [4.78, 5) is 64.7. The molecule has 34 heavy (non-hydrogen) atoms. The molecule has 0 spiro atoms. The summed E-state index contributed by atoms with van der Waals surface area (Å²) in [6.07, 6.45) is -0.150. The van der Waals surface area contributed by atoms with Gasteiger partial charge in [0.15, 0.2) is 0 Å². The molecule has 1 saturated heterocycles. The first kappa shape index (κ1) is 24.7. The van der Waals surface area contributed by atoms with Crippen LogP contribution >= 0.6 is 0 Å². The first-order valence-corrected chi connectivity index (χ1v) is 10.3. The van der Waals surface area contributed by atoms with E-state index in [-0.39, 0.29) is 12.0 Å². The fraction of sp³-hybridized carbons (Fsp3) is 0.364. The highest BCUT2D eigenvalue weighted by atomic mass is 19.3. The van der Waals surface area contributed by atoms with Crippen molar-refractivity contribution in [3.63, 3.8) is 0 Å². The quantitative estimate of drug-likeness (QED) is 0.477. The molecule has 0 aliphatic carbocycles. The van der Waals surface area contributed by atoms with Crippen molar-refractivity contribution in [2.75, 3.05) is 6.54 Å². The van der Waals surface area contributed by atoms with Gasteiger partial charge < -0.3 is 25.4 Å². The Morgan fingerprint density at radius 3 is 2.62 bits per heavy atom. The number of hydrogen-bond acceptors (Lipinski definition) is 6. The molecule has 0 bridgehead atoms. The molecule has 2 heterocycles. The van der Waals surface area contributed by atoms with E-state index >= 15 is 0 Å². The van der Waals surface area contributed by atoms with Crippen molar-refractivity contribution in [3.05, 3.63) is 42.2 Å². The second-order valence-corrected chi connectivity index (χ2v) is 7.97. The van der Waals surface area contributed by atoms with E-state index in [1.807, 2.05) is 0 Å². The van der Waals surface area contributed by atoms with Gasteiger partial charge in [-0.1, -0.05) is 24.3 Å². The van der Waals surface area contributed by atoms with Crippen molar-refractivity contribution >= 4 is 40.7 Å². The van der Waals surface area contributed by atoms with Gasteiger partial charge in [0.1, 0.15) is 24.1 Å². The first-order chi connectivity index (χ1) is 16.0. The molecule has 0 saturated carbocycles. The number of carbonyl (C=O) groups is 5. The summed E-state index contributed by atoms with van der Waals surface area (Å²) in [6.45, 7) is 0.219. The summed E-state index contributed by atoms with van der Waals surface area (Å²) in [5.41, 5.74) is 0.0429. The van der Waals surface area contributed by atoms with Crippen molar-refractivity contribution in [2.45, 2.75) is 43.8 Å². The van der Waals surface area contributed by atoms with Crippen LogP contribution in [0.4, 0.5) is 8.78 Å². The maximum atomic E-state index is 14.1. The number of alkyl halides is 2. The molecular weight excluding hydrogens is 454 g/mol. The number of nitrogens with one attached hydrogen (secondary N) is 2. The molecule has 1 fully saturated rings. The van der Waals surface area contributed by atoms with E-state index in [2.05, 4.69) is 15.6 Å².